The van der Waals surface area contributed by atoms with Crippen LogP contribution in [0.1, 0.15) is 39.5 Å². The topological polar surface area (TPSA) is 24.5 Å². The molecule has 1 unspecified atom stereocenters. The summed E-state index contributed by atoms with van der Waals surface area (Å²) in [7, 11) is 1.84. The van der Waals surface area contributed by atoms with E-state index in [1.807, 2.05) is 7.11 Å². The zero-order valence-corrected chi connectivity index (χ0v) is 11.6. The van der Waals surface area contributed by atoms with Crippen LogP contribution in [0.5, 0.6) is 0 Å². The Labute approximate surface area is 106 Å². The van der Waals surface area contributed by atoms with Gasteiger partial charge in [-0.25, -0.2) is 0 Å². The third-order valence-corrected chi connectivity index (χ3v) is 4.28. The molecule has 0 aromatic rings. The summed E-state index contributed by atoms with van der Waals surface area (Å²) in [6, 6.07) is 1.42. The van der Waals surface area contributed by atoms with Crippen molar-refractivity contribution in [2.45, 2.75) is 57.7 Å². The van der Waals surface area contributed by atoms with Crippen molar-refractivity contribution in [1.29, 1.82) is 0 Å². The second-order valence-corrected chi connectivity index (χ2v) is 6.05. The highest BCUT2D eigenvalue weighted by molar-refractivity contribution is 4.90. The standard InChI is InChI=1S/C14H28N2O/c1-11(2)15-9-12-5-4-6-16(10-12)13-7-14(8-13)17-3/h11-15H,4-10H2,1-3H3. The van der Waals surface area contributed by atoms with Crippen LogP contribution in [0.25, 0.3) is 0 Å². The van der Waals surface area contributed by atoms with Gasteiger partial charge in [0.05, 0.1) is 6.10 Å². The lowest BCUT2D eigenvalue weighted by molar-refractivity contribution is -0.0387. The number of nitrogens with zero attached hydrogens (tertiary/aromatic N) is 1. The average molecular weight is 240 g/mol. The fourth-order valence-electron chi connectivity index (χ4n) is 3.03. The van der Waals surface area contributed by atoms with Gasteiger partial charge < -0.3 is 10.1 Å². The van der Waals surface area contributed by atoms with E-state index in [1.165, 1.54) is 45.3 Å². The lowest BCUT2D eigenvalue weighted by Gasteiger charge is -2.45. The van der Waals surface area contributed by atoms with Crippen molar-refractivity contribution in [2.75, 3.05) is 26.7 Å². The zero-order valence-electron chi connectivity index (χ0n) is 11.6. The molecule has 2 fully saturated rings. The van der Waals surface area contributed by atoms with E-state index < -0.39 is 0 Å². The maximum Gasteiger partial charge on any atom is 0.0601 e. The van der Waals surface area contributed by atoms with Crippen molar-refractivity contribution in [3.63, 3.8) is 0 Å². The molecule has 17 heavy (non-hydrogen) atoms. The van der Waals surface area contributed by atoms with Crippen LogP contribution in [0.3, 0.4) is 0 Å². The van der Waals surface area contributed by atoms with Crippen LogP contribution in [0.2, 0.25) is 0 Å². The van der Waals surface area contributed by atoms with Crippen molar-refractivity contribution in [3.8, 4) is 0 Å². The first kappa shape index (κ1) is 13.3. The Balaban J connectivity index is 1.70. The van der Waals surface area contributed by atoms with E-state index in [9.17, 15) is 0 Å². The van der Waals surface area contributed by atoms with Crippen LogP contribution < -0.4 is 5.32 Å². The molecule has 2 rings (SSSR count). The fourth-order valence-corrected chi connectivity index (χ4v) is 3.03. The van der Waals surface area contributed by atoms with Crippen molar-refractivity contribution in [1.82, 2.24) is 10.2 Å². The maximum atomic E-state index is 5.37. The van der Waals surface area contributed by atoms with Gasteiger partial charge in [0.2, 0.25) is 0 Å². The molecule has 3 heteroatoms. The van der Waals surface area contributed by atoms with Gasteiger partial charge in [-0.3, -0.25) is 4.90 Å². The molecular weight excluding hydrogens is 212 g/mol. The first-order valence-corrected chi connectivity index (χ1v) is 7.19. The van der Waals surface area contributed by atoms with Gasteiger partial charge in [-0.2, -0.15) is 0 Å². The van der Waals surface area contributed by atoms with Crippen LogP contribution in [-0.4, -0.2) is 49.8 Å². The van der Waals surface area contributed by atoms with Gasteiger partial charge in [-0.05, 0) is 44.7 Å². The predicted octanol–water partition coefficient (Wildman–Crippen LogP) is 1.87. The Hall–Kier alpha value is -0.120. The Morgan fingerprint density at radius 3 is 2.76 bits per heavy atom. The molecule has 0 spiro atoms. The summed E-state index contributed by atoms with van der Waals surface area (Å²) in [6.45, 7) is 8.25. The first-order chi connectivity index (χ1) is 8.19. The minimum Gasteiger partial charge on any atom is -0.381 e. The number of methoxy groups -OCH3 is 1. The zero-order chi connectivity index (χ0) is 12.3. The minimum absolute atomic E-state index is 0.536. The normalized spacial score (nSPS) is 34.9. The SMILES string of the molecule is COC1CC(N2CCCC(CNC(C)C)C2)C1. The van der Waals surface area contributed by atoms with E-state index in [-0.39, 0.29) is 0 Å². The minimum atomic E-state index is 0.536. The number of nitrogens with one attached hydrogen (secondary N) is 1. The third-order valence-electron chi connectivity index (χ3n) is 4.28. The molecule has 2 aliphatic rings. The van der Waals surface area contributed by atoms with Gasteiger partial charge in [0.25, 0.3) is 0 Å². The van der Waals surface area contributed by atoms with Crippen LogP contribution >= 0.6 is 0 Å². The number of piperidine rings is 1. The molecule has 1 aliphatic carbocycles. The summed E-state index contributed by atoms with van der Waals surface area (Å²) in [5.74, 6) is 0.854. The summed E-state index contributed by atoms with van der Waals surface area (Å²) in [6.07, 6.45) is 5.81. The molecule has 0 aromatic heterocycles. The van der Waals surface area contributed by atoms with Crippen molar-refractivity contribution < 1.29 is 4.74 Å². The highest BCUT2D eigenvalue weighted by Crippen LogP contribution is 2.31. The number of hydrogen-bond acceptors (Lipinski definition) is 3. The molecule has 1 N–H and O–H groups in total. The predicted molar refractivity (Wildman–Crippen MR) is 71.3 cm³/mol. The van der Waals surface area contributed by atoms with E-state index in [1.54, 1.807) is 0 Å². The van der Waals surface area contributed by atoms with Crippen molar-refractivity contribution in [2.24, 2.45) is 5.92 Å². The van der Waals surface area contributed by atoms with Gasteiger partial charge in [-0.1, -0.05) is 13.8 Å². The Kier molecular flexibility index (Phi) is 4.83. The van der Waals surface area contributed by atoms with E-state index in [0.717, 1.165) is 12.0 Å². The summed E-state index contributed by atoms with van der Waals surface area (Å²) >= 11 is 0. The second kappa shape index (κ2) is 6.17. The fraction of sp³-hybridized carbons (Fsp3) is 1.00. The summed E-state index contributed by atoms with van der Waals surface area (Å²) in [4.78, 5) is 2.70. The van der Waals surface area contributed by atoms with Gasteiger partial charge in [0.1, 0.15) is 0 Å². The van der Waals surface area contributed by atoms with E-state index in [2.05, 4.69) is 24.1 Å². The van der Waals surface area contributed by atoms with Gasteiger partial charge >= 0.3 is 0 Å². The molecule has 3 nitrogen and oxygen atoms in total. The molecule has 1 heterocycles. The first-order valence-electron chi connectivity index (χ1n) is 7.19. The van der Waals surface area contributed by atoms with Crippen LogP contribution in [0.15, 0.2) is 0 Å². The summed E-state index contributed by atoms with van der Waals surface area (Å²) in [5.41, 5.74) is 0. The molecule has 0 amide bonds. The van der Waals surface area contributed by atoms with E-state index >= 15 is 0 Å². The molecule has 1 saturated heterocycles. The third kappa shape index (κ3) is 3.67. The van der Waals surface area contributed by atoms with Crippen LogP contribution in [0, 0.1) is 5.92 Å². The molecule has 0 bridgehead atoms. The number of ether oxygens (including phenoxy) is 1. The highest BCUT2D eigenvalue weighted by atomic mass is 16.5. The number of hydrogen-bond donors (Lipinski definition) is 1. The number of likely N-dealkylation sites (tertiary alicyclic amines) is 1. The molecule has 1 aliphatic heterocycles. The molecule has 0 radical (unpaired) electrons. The van der Waals surface area contributed by atoms with Crippen LogP contribution in [-0.2, 0) is 4.74 Å². The largest absolute Gasteiger partial charge is 0.381 e. The monoisotopic (exact) mass is 240 g/mol. The van der Waals surface area contributed by atoms with Gasteiger partial charge in [0, 0.05) is 25.7 Å². The average Bonchev–Trinajstić information content (AvgIpc) is 2.26. The lowest BCUT2D eigenvalue weighted by Crippen LogP contribution is -2.52. The maximum absolute atomic E-state index is 5.37. The van der Waals surface area contributed by atoms with Crippen LogP contribution in [0.4, 0.5) is 0 Å². The second-order valence-electron chi connectivity index (χ2n) is 6.05. The molecule has 1 saturated carbocycles. The molecule has 100 valence electrons. The quantitative estimate of drug-likeness (QED) is 0.794. The summed E-state index contributed by atoms with van der Waals surface area (Å²) < 4.78 is 5.37. The van der Waals surface area contributed by atoms with Crippen molar-refractivity contribution in [3.05, 3.63) is 0 Å². The van der Waals surface area contributed by atoms with E-state index in [0.29, 0.717) is 12.1 Å². The van der Waals surface area contributed by atoms with Crippen molar-refractivity contribution >= 4 is 0 Å². The molecular formula is C14H28N2O. The molecule has 1 atom stereocenters. The lowest BCUT2D eigenvalue weighted by atomic mass is 9.85. The Morgan fingerprint density at radius 1 is 1.35 bits per heavy atom. The van der Waals surface area contributed by atoms with E-state index in [4.69, 9.17) is 4.74 Å². The Morgan fingerprint density at radius 2 is 2.12 bits per heavy atom. The van der Waals surface area contributed by atoms with Gasteiger partial charge in [0.15, 0.2) is 0 Å². The van der Waals surface area contributed by atoms with Gasteiger partial charge in [-0.15, -0.1) is 0 Å². The Bertz CT molecular complexity index is 226. The summed E-state index contributed by atoms with van der Waals surface area (Å²) in [5, 5.41) is 3.58. The number of rotatable bonds is 5. The molecule has 0 aromatic carbocycles. The smallest absolute Gasteiger partial charge is 0.0601 e. The highest BCUT2D eigenvalue weighted by Gasteiger charge is 2.35.